The lowest BCUT2D eigenvalue weighted by atomic mass is 9.92. The number of benzene rings is 2. The van der Waals surface area contributed by atoms with Crippen molar-refractivity contribution in [2.24, 2.45) is 0 Å². The molecule has 1 aliphatic rings. The quantitative estimate of drug-likeness (QED) is 0.701. The number of methoxy groups -OCH3 is 1. The molecule has 0 spiro atoms. The minimum Gasteiger partial charge on any atom is -0.492 e. The van der Waals surface area contributed by atoms with Crippen LogP contribution >= 0.6 is 0 Å². The first kappa shape index (κ1) is 20.3. The molecule has 2 N–H and O–H groups in total. The largest absolute Gasteiger partial charge is 0.492 e. The zero-order valence-corrected chi connectivity index (χ0v) is 16.7. The predicted molar refractivity (Wildman–Crippen MR) is 109 cm³/mol. The van der Waals surface area contributed by atoms with Gasteiger partial charge in [-0.25, -0.2) is 9.59 Å². The lowest BCUT2D eigenvalue weighted by Crippen LogP contribution is -2.45. The van der Waals surface area contributed by atoms with Gasteiger partial charge in [-0.2, -0.15) is 0 Å². The van der Waals surface area contributed by atoms with Crippen LogP contribution in [-0.2, 0) is 9.53 Å². The summed E-state index contributed by atoms with van der Waals surface area (Å²) in [6.07, 6.45) is 0. The number of rotatable bonds is 7. The van der Waals surface area contributed by atoms with Crippen molar-refractivity contribution >= 4 is 17.7 Å². The fourth-order valence-corrected chi connectivity index (χ4v) is 3.31. The van der Waals surface area contributed by atoms with Crippen molar-refractivity contribution in [2.45, 2.75) is 19.9 Å². The van der Waals surface area contributed by atoms with Gasteiger partial charge in [-0.3, -0.25) is 0 Å². The van der Waals surface area contributed by atoms with Gasteiger partial charge in [0.05, 0.1) is 37.6 Å². The number of urea groups is 1. The smallest absolute Gasteiger partial charge is 0.338 e. The Bertz CT molecular complexity index is 924. The second kappa shape index (κ2) is 9.14. The van der Waals surface area contributed by atoms with Gasteiger partial charge in [0.1, 0.15) is 0 Å². The van der Waals surface area contributed by atoms with Crippen LogP contribution in [0.3, 0.4) is 0 Å². The molecule has 0 saturated heterocycles. The van der Waals surface area contributed by atoms with Crippen LogP contribution in [0.15, 0.2) is 54.1 Å². The summed E-state index contributed by atoms with van der Waals surface area (Å²) >= 11 is 0. The average Bonchev–Trinajstić information content (AvgIpc) is 2.74. The number of carbonyl (C=O) groups excluding carboxylic acids is 2. The number of ether oxygens (including phenoxy) is 3. The molecular weight excluding hydrogens is 372 g/mol. The zero-order valence-electron chi connectivity index (χ0n) is 16.7. The third-order valence-electron chi connectivity index (χ3n) is 4.45. The van der Waals surface area contributed by atoms with Crippen LogP contribution in [-0.4, -0.2) is 32.3 Å². The summed E-state index contributed by atoms with van der Waals surface area (Å²) in [4.78, 5) is 25.4. The zero-order chi connectivity index (χ0) is 20.8. The van der Waals surface area contributed by atoms with Gasteiger partial charge in [0.15, 0.2) is 11.5 Å². The van der Waals surface area contributed by atoms with E-state index in [2.05, 4.69) is 10.6 Å². The Morgan fingerprint density at radius 1 is 1.03 bits per heavy atom. The summed E-state index contributed by atoms with van der Waals surface area (Å²) < 4.78 is 16.5. The van der Waals surface area contributed by atoms with Crippen LogP contribution in [0.5, 0.6) is 11.5 Å². The predicted octanol–water partition coefficient (Wildman–Crippen LogP) is 3.42. The van der Waals surface area contributed by atoms with E-state index < -0.39 is 18.0 Å². The number of esters is 1. The highest BCUT2D eigenvalue weighted by molar-refractivity contribution is 6.04. The highest BCUT2D eigenvalue weighted by atomic mass is 16.5. The number of hydrogen-bond acceptors (Lipinski definition) is 5. The Hall–Kier alpha value is -3.48. The molecule has 2 aromatic carbocycles. The second-order valence-electron chi connectivity index (χ2n) is 6.22. The van der Waals surface area contributed by atoms with E-state index in [9.17, 15) is 9.59 Å². The van der Waals surface area contributed by atoms with Crippen molar-refractivity contribution in [2.75, 3.05) is 20.3 Å². The molecule has 152 valence electrons. The third-order valence-corrected chi connectivity index (χ3v) is 4.45. The molecule has 7 nitrogen and oxygen atoms in total. The number of para-hydroxylation sites is 1. The van der Waals surface area contributed by atoms with Gasteiger partial charge in [0.25, 0.3) is 0 Å². The van der Waals surface area contributed by atoms with Crippen molar-refractivity contribution in [1.29, 1.82) is 0 Å². The van der Waals surface area contributed by atoms with Gasteiger partial charge >= 0.3 is 12.0 Å². The van der Waals surface area contributed by atoms with Crippen molar-refractivity contribution in [3.63, 3.8) is 0 Å². The van der Waals surface area contributed by atoms with E-state index in [-0.39, 0.29) is 6.61 Å². The monoisotopic (exact) mass is 396 g/mol. The molecule has 0 fully saturated rings. The lowest BCUT2D eigenvalue weighted by Gasteiger charge is -2.30. The van der Waals surface area contributed by atoms with Gasteiger partial charge < -0.3 is 24.8 Å². The molecule has 1 aliphatic heterocycles. The molecule has 0 bridgehead atoms. The van der Waals surface area contributed by atoms with Crippen LogP contribution in [0, 0.1) is 0 Å². The maximum absolute atomic E-state index is 12.9. The van der Waals surface area contributed by atoms with E-state index in [4.69, 9.17) is 14.2 Å². The van der Waals surface area contributed by atoms with Gasteiger partial charge in [-0.05, 0) is 25.5 Å². The Morgan fingerprint density at radius 2 is 1.79 bits per heavy atom. The van der Waals surface area contributed by atoms with Crippen LogP contribution in [0.2, 0.25) is 0 Å². The van der Waals surface area contributed by atoms with E-state index in [0.29, 0.717) is 40.5 Å². The fraction of sp³-hybridized carbons (Fsp3) is 0.273. The maximum atomic E-state index is 12.9. The highest BCUT2D eigenvalue weighted by Crippen LogP contribution is 2.40. The van der Waals surface area contributed by atoms with E-state index in [1.165, 1.54) is 7.11 Å². The summed E-state index contributed by atoms with van der Waals surface area (Å²) in [6.45, 7) is 4.27. The van der Waals surface area contributed by atoms with Gasteiger partial charge in [0, 0.05) is 5.56 Å². The van der Waals surface area contributed by atoms with Crippen molar-refractivity contribution in [3.8, 4) is 11.5 Å². The standard InChI is InChI=1S/C22H24N2O5/c1-4-28-16-13-9-12-15(20(16)27-3)19-17(21(25)29-5-2)18(23-22(26)24-19)14-10-7-6-8-11-14/h6-13,19H,4-5H2,1-3H3,(H2,23,24,26)/t19-/m1/s1. The molecule has 2 aromatic rings. The number of amides is 2. The van der Waals surface area contributed by atoms with Crippen LogP contribution in [0.4, 0.5) is 4.79 Å². The topological polar surface area (TPSA) is 85.9 Å². The third kappa shape index (κ3) is 4.18. The average molecular weight is 396 g/mol. The van der Waals surface area contributed by atoms with Gasteiger partial charge in [-0.1, -0.05) is 42.5 Å². The first-order valence-corrected chi connectivity index (χ1v) is 9.44. The van der Waals surface area contributed by atoms with Gasteiger partial charge in [0.2, 0.25) is 0 Å². The number of nitrogens with one attached hydrogen (secondary N) is 2. The Kier molecular flexibility index (Phi) is 6.39. The minimum absolute atomic E-state index is 0.210. The molecule has 3 rings (SSSR count). The van der Waals surface area contributed by atoms with Crippen LogP contribution < -0.4 is 20.1 Å². The van der Waals surface area contributed by atoms with E-state index in [1.54, 1.807) is 25.1 Å². The second-order valence-corrected chi connectivity index (χ2v) is 6.22. The Labute approximate surface area is 169 Å². The Morgan fingerprint density at radius 3 is 2.45 bits per heavy atom. The normalized spacial score (nSPS) is 16.0. The molecule has 0 radical (unpaired) electrons. The molecule has 0 saturated carbocycles. The molecule has 2 amide bonds. The molecular formula is C22H24N2O5. The Balaban J connectivity index is 2.22. The van der Waals surface area contributed by atoms with Crippen molar-refractivity contribution in [1.82, 2.24) is 10.6 Å². The van der Waals surface area contributed by atoms with Gasteiger partial charge in [-0.15, -0.1) is 0 Å². The highest BCUT2D eigenvalue weighted by Gasteiger charge is 2.36. The molecule has 0 aliphatic carbocycles. The summed E-state index contributed by atoms with van der Waals surface area (Å²) in [7, 11) is 1.52. The van der Waals surface area contributed by atoms with Crippen molar-refractivity contribution in [3.05, 3.63) is 65.2 Å². The first-order chi connectivity index (χ1) is 14.1. The summed E-state index contributed by atoms with van der Waals surface area (Å²) in [5.41, 5.74) is 2.01. The fourth-order valence-electron chi connectivity index (χ4n) is 3.31. The number of hydrogen-bond donors (Lipinski definition) is 2. The van der Waals surface area contributed by atoms with E-state index in [1.807, 2.05) is 37.3 Å². The van der Waals surface area contributed by atoms with E-state index >= 15 is 0 Å². The van der Waals surface area contributed by atoms with Crippen molar-refractivity contribution < 1.29 is 23.8 Å². The lowest BCUT2D eigenvalue weighted by molar-refractivity contribution is -0.138. The van der Waals surface area contributed by atoms with Crippen LogP contribution in [0.1, 0.15) is 31.0 Å². The first-order valence-electron chi connectivity index (χ1n) is 9.44. The summed E-state index contributed by atoms with van der Waals surface area (Å²) in [6, 6.07) is 13.4. The SMILES string of the molecule is CCOC(=O)C1=C(c2ccccc2)NC(=O)N[C@@H]1c1cccc(OCC)c1OC. The summed E-state index contributed by atoms with van der Waals surface area (Å²) in [5.74, 6) is 0.466. The van der Waals surface area contributed by atoms with Crippen LogP contribution in [0.25, 0.3) is 5.70 Å². The molecule has 1 atom stereocenters. The maximum Gasteiger partial charge on any atom is 0.338 e. The summed E-state index contributed by atoms with van der Waals surface area (Å²) in [5, 5.41) is 5.58. The molecule has 0 aromatic heterocycles. The minimum atomic E-state index is -0.770. The van der Waals surface area contributed by atoms with E-state index in [0.717, 1.165) is 0 Å². The molecule has 29 heavy (non-hydrogen) atoms. The molecule has 7 heteroatoms. The molecule has 1 heterocycles. The molecule has 0 unspecified atom stereocenters. The number of carbonyl (C=O) groups is 2.